The highest BCUT2D eigenvalue weighted by molar-refractivity contribution is 5.20. The van der Waals surface area contributed by atoms with E-state index in [1.807, 2.05) is 6.20 Å². The molecular formula is C14H23N3O2. The molecule has 1 aromatic rings. The maximum Gasteiger partial charge on any atom is 0.0817 e. The van der Waals surface area contributed by atoms with Gasteiger partial charge in [-0.2, -0.15) is 5.10 Å². The van der Waals surface area contributed by atoms with E-state index in [0.29, 0.717) is 19.1 Å². The molecule has 0 amide bonds. The zero-order chi connectivity index (χ0) is 13.3. The number of rotatable bonds is 3. The molecule has 2 saturated heterocycles. The lowest BCUT2D eigenvalue weighted by Gasteiger charge is -2.35. The first kappa shape index (κ1) is 13.1. The third-order valence-corrected chi connectivity index (χ3v) is 4.49. The molecule has 0 spiro atoms. The molecule has 0 bridgehead atoms. The summed E-state index contributed by atoms with van der Waals surface area (Å²) in [6.07, 6.45) is 4.56. The maximum absolute atomic E-state index is 10.6. The van der Waals surface area contributed by atoms with E-state index in [-0.39, 0.29) is 0 Å². The minimum absolute atomic E-state index is 0.533. The molecular weight excluding hydrogens is 242 g/mol. The summed E-state index contributed by atoms with van der Waals surface area (Å²) in [7, 11) is 0. The van der Waals surface area contributed by atoms with Crippen molar-refractivity contribution in [3.05, 3.63) is 17.5 Å². The van der Waals surface area contributed by atoms with Gasteiger partial charge in [-0.3, -0.25) is 10.00 Å². The maximum atomic E-state index is 10.6. The molecule has 2 aliphatic heterocycles. The normalized spacial score (nSPS) is 27.8. The summed E-state index contributed by atoms with van der Waals surface area (Å²) in [4.78, 5) is 2.39. The van der Waals surface area contributed by atoms with Gasteiger partial charge in [0.15, 0.2) is 0 Å². The zero-order valence-corrected chi connectivity index (χ0v) is 11.6. The Bertz CT molecular complexity index is 426. The number of hydrogen-bond acceptors (Lipinski definition) is 4. The largest absolute Gasteiger partial charge is 0.388 e. The highest BCUT2D eigenvalue weighted by atomic mass is 16.5. The van der Waals surface area contributed by atoms with Crippen LogP contribution in [0.3, 0.4) is 0 Å². The van der Waals surface area contributed by atoms with Crippen LogP contribution in [0.5, 0.6) is 0 Å². The van der Waals surface area contributed by atoms with Gasteiger partial charge in [0.25, 0.3) is 0 Å². The Hall–Kier alpha value is -0.910. The molecule has 19 heavy (non-hydrogen) atoms. The fourth-order valence-electron chi connectivity index (χ4n) is 3.31. The molecule has 1 atom stereocenters. The van der Waals surface area contributed by atoms with E-state index in [2.05, 4.69) is 22.0 Å². The average Bonchev–Trinajstić information content (AvgIpc) is 2.98. The quantitative estimate of drug-likeness (QED) is 0.857. The van der Waals surface area contributed by atoms with Gasteiger partial charge in [-0.25, -0.2) is 0 Å². The molecule has 5 nitrogen and oxygen atoms in total. The molecule has 2 fully saturated rings. The summed E-state index contributed by atoms with van der Waals surface area (Å²) in [6.45, 7) is 6.34. The lowest BCUT2D eigenvalue weighted by atomic mass is 9.94. The lowest BCUT2D eigenvalue weighted by Crippen LogP contribution is -2.46. The van der Waals surface area contributed by atoms with Crippen LogP contribution in [0.4, 0.5) is 0 Å². The first-order valence-electron chi connectivity index (χ1n) is 7.19. The molecule has 2 N–H and O–H groups in total. The number of hydrogen-bond donors (Lipinski definition) is 2. The minimum Gasteiger partial charge on any atom is -0.388 e. The summed E-state index contributed by atoms with van der Waals surface area (Å²) in [5, 5.41) is 17.8. The molecule has 0 saturated carbocycles. The molecule has 0 radical (unpaired) electrons. The molecule has 1 aromatic heterocycles. The van der Waals surface area contributed by atoms with E-state index in [1.165, 1.54) is 11.3 Å². The Morgan fingerprint density at radius 2 is 2.32 bits per heavy atom. The predicted octanol–water partition coefficient (Wildman–Crippen LogP) is 1.05. The Balaban J connectivity index is 1.58. The van der Waals surface area contributed by atoms with Crippen LogP contribution in [0.25, 0.3) is 0 Å². The number of aliphatic hydroxyl groups is 1. The van der Waals surface area contributed by atoms with Crippen LogP contribution in [0, 0.1) is 6.92 Å². The van der Waals surface area contributed by atoms with E-state index >= 15 is 0 Å². The fraction of sp³-hybridized carbons (Fsp3) is 0.786. The van der Waals surface area contributed by atoms with E-state index in [0.717, 1.165) is 38.9 Å². The van der Waals surface area contributed by atoms with Gasteiger partial charge in [-0.05, 0) is 25.5 Å². The van der Waals surface area contributed by atoms with Crippen molar-refractivity contribution in [3.8, 4) is 0 Å². The Kier molecular flexibility index (Phi) is 3.60. The predicted molar refractivity (Wildman–Crippen MR) is 72.1 cm³/mol. The van der Waals surface area contributed by atoms with Gasteiger partial charge < -0.3 is 9.84 Å². The smallest absolute Gasteiger partial charge is 0.0817 e. The van der Waals surface area contributed by atoms with Crippen LogP contribution in [0.1, 0.15) is 36.4 Å². The second-order valence-electron chi connectivity index (χ2n) is 6.02. The molecule has 2 aliphatic rings. The summed E-state index contributed by atoms with van der Waals surface area (Å²) in [5.74, 6) is 0.533. The van der Waals surface area contributed by atoms with Crippen molar-refractivity contribution in [2.75, 3.05) is 32.8 Å². The highest BCUT2D eigenvalue weighted by Gasteiger charge is 2.35. The topological polar surface area (TPSA) is 61.4 Å². The number of β-amino-alcohol motifs (C(OH)–C–C–N with tert-alkyl or cyclic N) is 1. The van der Waals surface area contributed by atoms with Gasteiger partial charge in [0.05, 0.1) is 11.8 Å². The second kappa shape index (κ2) is 5.23. The van der Waals surface area contributed by atoms with Crippen LogP contribution in [0.15, 0.2) is 6.20 Å². The number of H-pyrrole nitrogens is 1. The van der Waals surface area contributed by atoms with Crippen molar-refractivity contribution >= 4 is 0 Å². The number of aromatic nitrogens is 2. The molecule has 0 aliphatic carbocycles. The summed E-state index contributed by atoms with van der Waals surface area (Å²) < 4.78 is 5.33. The van der Waals surface area contributed by atoms with Crippen molar-refractivity contribution in [1.29, 1.82) is 0 Å². The minimum atomic E-state index is -0.545. The van der Waals surface area contributed by atoms with Crippen LogP contribution >= 0.6 is 0 Å². The van der Waals surface area contributed by atoms with E-state index in [4.69, 9.17) is 4.74 Å². The van der Waals surface area contributed by atoms with Gasteiger partial charge in [0.1, 0.15) is 0 Å². The number of nitrogens with one attached hydrogen (secondary N) is 1. The third kappa shape index (κ3) is 2.83. The fourth-order valence-corrected chi connectivity index (χ4v) is 3.31. The number of aryl methyl sites for hydroxylation is 1. The zero-order valence-electron chi connectivity index (χ0n) is 11.6. The molecule has 3 rings (SSSR count). The van der Waals surface area contributed by atoms with Gasteiger partial charge in [-0.15, -0.1) is 0 Å². The molecule has 5 heteroatoms. The van der Waals surface area contributed by atoms with Crippen LogP contribution in [-0.2, 0) is 4.74 Å². The van der Waals surface area contributed by atoms with E-state index in [9.17, 15) is 5.11 Å². The number of aromatic amines is 1. The number of ether oxygens (including phenoxy) is 1. The van der Waals surface area contributed by atoms with Gasteiger partial charge in [0, 0.05) is 50.8 Å². The van der Waals surface area contributed by atoms with E-state index < -0.39 is 5.60 Å². The molecule has 0 unspecified atom stereocenters. The summed E-state index contributed by atoms with van der Waals surface area (Å²) in [6, 6.07) is 0. The van der Waals surface area contributed by atoms with Crippen LogP contribution in [-0.4, -0.2) is 58.7 Å². The van der Waals surface area contributed by atoms with Gasteiger partial charge in [-0.1, -0.05) is 0 Å². The summed E-state index contributed by atoms with van der Waals surface area (Å²) in [5.41, 5.74) is 1.97. The van der Waals surface area contributed by atoms with Crippen molar-refractivity contribution in [1.82, 2.24) is 15.1 Å². The lowest BCUT2D eigenvalue weighted by molar-refractivity contribution is -0.0773. The second-order valence-corrected chi connectivity index (χ2v) is 6.02. The molecule has 3 heterocycles. The van der Waals surface area contributed by atoms with Crippen molar-refractivity contribution in [2.45, 2.75) is 37.7 Å². The van der Waals surface area contributed by atoms with Crippen LogP contribution < -0.4 is 0 Å². The summed E-state index contributed by atoms with van der Waals surface area (Å²) >= 11 is 0. The first-order valence-corrected chi connectivity index (χ1v) is 7.19. The molecule has 106 valence electrons. The monoisotopic (exact) mass is 265 g/mol. The van der Waals surface area contributed by atoms with E-state index in [1.54, 1.807) is 0 Å². The Labute approximate surface area is 113 Å². The van der Waals surface area contributed by atoms with Gasteiger partial charge in [0.2, 0.25) is 0 Å². The van der Waals surface area contributed by atoms with Crippen LogP contribution in [0.2, 0.25) is 0 Å². The highest BCUT2D eigenvalue weighted by Crippen LogP contribution is 2.30. The van der Waals surface area contributed by atoms with Crippen molar-refractivity contribution in [2.24, 2.45) is 0 Å². The standard InChI is InChI=1S/C14H23N3O2/c1-11-8-15-16-13(11)12-2-5-17(9-12)10-14(18)3-6-19-7-4-14/h8,12,18H,2-7,9-10H2,1H3,(H,15,16)/t12-/m0/s1. The average molecular weight is 265 g/mol. The van der Waals surface area contributed by atoms with Crippen molar-refractivity contribution < 1.29 is 9.84 Å². The van der Waals surface area contributed by atoms with Gasteiger partial charge >= 0.3 is 0 Å². The molecule has 0 aromatic carbocycles. The number of likely N-dealkylation sites (tertiary alicyclic amines) is 1. The number of nitrogens with zero attached hydrogens (tertiary/aromatic N) is 2. The third-order valence-electron chi connectivity index (χ3n) is 4.49. The van der Waals surface area contributed by atoms with Crippen molar-refractivity contribution in [3.63, 3.8) is 0 Å². The Morgan fingerprint density at radius 1 is 1.53 bits per heavy atom. The first-order chi connectivity index (χ1) is 9.16. The SMILES string of the molecule is Cc1cn[nH]c1[C@H]1CCN(CC2(O)CCOCC2)C1. The Morgan fingerprint density at radius 3 is 3.00 bits per heavy atom.